The van der Waals surface area contributed by atoms with Crippen LogP contribution in [0.1, 0.15) is 16.5 Å². The molecular formula is C19H23Cl2N3S. The van der Waals surface area contributed by atoms with Crippen LogP contribution in [0.25, 0.3) is 10.2 Å². The average molecular weight is 396 g/mol. The Kier molecular flexibility index (Phi) is 7.23. The van der Waals surface area contributed by atoms with Crippen molar-refractivity contribution in [3.05, 3.63) is 65.2 Å². The number of aromatic nitrogens is 1. The first-order valence-electron chi connectivity index (χ1n) is 8.15. The number of benzene rings is 2. The molecule has 2 atom stereocenters. The van der Waals surface area contributed by atoms with Crippen molar-refractivity contribution in [2.24, 2.45) is 11.7 Å². The third-order valence-corrected chi connectivity index (χ3v) is 5.77. The van der Waals surface area contributed by atoms with Gasteiger partial charge in [-0.2, -0.15) is 0 Å². The summed E-state index contributed by atoms with van der Waals surface area (Å²) in [7, 11) is 0. The zero-order valence-corrected chi connectivity index (χ0v) is 16.3. The summed E-state index contributed by atoms with van der Waals surface area (Å²) in [5, 5.41) is 1.20. The second kappa shape index (κ2) is 8.97. The topological polar surface area (TPSA) is 42.1 Å². The van der Waals surface area contributed by atoms with Crippen LogP contribution in [-0.2, 0) is 6.54 Å². The van der Waals surface area contributed by atoms with Crippen LogP contribution in [0.3, 0.4) is 0 Å². The van der Waals surface area contributed by atoms with Crippen molar-refractivity contribution in [1.82, 2.24) is 9.88 Å². The smallest absolute Gasteiger partial charge is 0.108 e. The summed E-state index contributed by atoms with van der Waals surface area (Å²) >= 11 is 1.81. The van der Waals surface area contributed by atoms with Gasteiger partial charge >= 0.3 is 0 Å². The third-order valence-electron chi connectivity index (χ3n) is 4.74. The summed E-state index contributed by atoms with van der Waals surface area (Å²) in [6.07, 6.45) is 0. The molecule has 3 nitrogen and oxygen atoms in total. The highest BCUT2D eigenvalue weighted by Gasteiger charge is 2.33. The number of fused-ring (bicyclic) bond motifs is 1. The van der Waals surface area contributed by atoms with Crippen molar-refractivity contribution in [3.63, 3.8) is 0 Å². The maximum absolute atomic E-state index is 6.04. The number of nitrogens with zero attached hydrogens (tertiary/aromatic N) is 2. The second-order valence-electron chi connectivity index (χ2n) is 6.28. The molecule has 1 saturated heterocycles. The molecule has 1 aromatic heterocycles. The number of para-hydroxylation sites is 1. The van der Waals surface area contributed by atoms with Crippen LogP contribution in [0, 0.1) is 5.92 Å². The van der Waals surface area contributed by atoms with Gasteiger partial charge < -0.3 is 5.73 Å². The number of likely N-dealkylation sites (tertiary alicyclic amines) is 1. The van der Waals surface area contributed by atoms with E-state index in [1.165, 1.54) is 15.3 Å². The van der Waals surface area contributed by atoms with Crippen LogP contribution in [0.15, 0.2) is 54.6 Å². The summed E-state index contributed by atoms with van der Waals surface area (Å²) in [5.74, 6) is 1.07. The van der Waals surface area contributed by atoms with Crippen LogP contribution in [0.5, 0.6) is 0 Å². The molecule has 134 valence electrons. The van der Waals surface area contributed by atoms with Crippen LogP contribution < -0.4 is 5.73 Å². The summed E-state index contributed by atoms with van der Waals surface area (Å²) in [6.45, 7) is 3.81. The van der Waals surface area contributed by atoms with Gasteiger partial charge in [0.15, 0.2) is 0 Å². The fourth-order valence-electron chi connectivity index (χ4n) is 3.59. The fraction of sp³-hybridized carbons (Fsp3) is 0.316. The molecule has 1 aliphatic rings. The zero-order chi connectivity index (χ0) is 15.6. The highest BCUT2D eigenvalue weighted by atomic mass is 35.5. The van der Waals surface area contributed by atoms with Gasteiger partial charge in [0, 0.05) is 19.0 Å². The molecule has 0 unspecified atom stereocenters. The normalized spacial score (nSPS) is 20.2. The van der Waals surface area contributed by atoms with Gasteiger partial charge in [0.2, 0.25) is 0 Å². The number of halogens is 2. The van der Waals surface area contributed by atoms with Crippen molar-refractivity contribution in [2.45, 2.75) is 12.5 Å². The summed E-state index contributed by atoms with van der Waals surface area (Å²) < 4.78 is 1.27. The molecule has 0 saturated carbocycles. The van der Waals surface area contributed by atoms with Crippen LogP contribution in [0.2, 0.25) is 0 Å². The molecule has 2 heterocycles. The van der Waals surface area contributed by atoms with Gasteiger partial charge in [-0.05, 0) is 30.2 Å². The SMILES string of the molecule is Cl.Cl.NC[C@@H]1CN(Cc2nc3ccccc3s2)C[C@H]1c1ccccc1. The number of nitrogens with two attached hydrogens (primary N) is 1. The van der Waals surface area contributed by atoms with Gasteiger partial charge in [-0.1, -0.05) is 42.5 Å². The second-order valence-corrected chi connectivity index (χ2v) is 7.40. The third kappa shape index (κ3) is 4.33. The van der Waals surface area contributed by atoms with Crippen LogP contribution in [-0.4, -0.2) is 29.5 Å². The molecule has 1 fully saturated rings. The molecule has 6 heteroatoms. The van der Waals surface area contributed by atoms with E-state index in [0.29, 0.717) is 11.8 Å². The molecule has 2 aromatic carbocycles. The van der Waals surface area contributed by atoms with Crippen molar-refractivity contribution in [1.29, 1.82) is 0 Å². The molecule has 25 heavy (non-hydrogen) atoms. The van der Waals surface area contributed by atoms with E-state index in [4.69, 9.17) is 10.7 Å². The highest BCUT2D eigenvalue weighted by Crippen LogP contribution is 2.33. The molecule has 0 aliphatic carbocycles. The van der Waals surface area contributed by atoms with E-state index in [0.717, 1.165) is 31.7 Å². The van der Waals surface area contributed by atoms with Gasteiger partial charge in [0.05, 0.1) is 16.8 Å². The average Bonchev–Trinajstić information content (AvgIpc) is 3.19. The number of hydrogen-bond donors (Lipinski definition) is 1. The minimum atomic E-state index is 0. The zero-order valence-electron chi connectivity index (χ0n) is 13.9. The summed E-state index contributed by atoms with van der Waals surface area (Å²) in [4.78, 5) is 7.28. The van der Waals surface area contributed by atoms with Crippen LogP contribution >= 0.6 is 36.2 Å². The van der Waals surface area contributed by atoms with E-state index in [2.05, 4.69) is 59.5 Å². The lowest BCUT2D eigenvalue weighted by Crippen LogP contribution is -2.23. The molecule has 1 aliphatic heterocycles. The predicted molar refractivity (Wildman–Crippen MR) is 111 cm³/mol. The molecule has 0 radical (unpaired) electrons. The Morgan fingerprint density at radius 3 is 2.44 bits per heavy atom. The number of thiazole rings is 1. The Labute approximate surface area is 165 Å². The van der Waals surface area contributed by atoms with E-state index in [1.807, 2.05) is 0 Å². The minimum absolute atomic E-state index is 0. The largest absolute Gasteiger partial charge is 0.330 e. The van der Waals surface area contributed by atoms with Crippen molar-refractivity contribution in [2.75, 3.05) is 19.6 Å². The fourth-order valence-corrected chi connectivity index (χ4v) is 4.60. The lowest BCUT2D eigenvalue weighted by atomic mass is 9.89. The van der Waals surface area contributed by atoms with E-state index < -0.39 is 0 Å². The monoisotopic (exact) mass is 395 g/mol. The molecule has 0 bridgehead atoms. The predicted octanol–water partition coefficient (Wildman–Crippen LogP) is 4.31. The molecule has 3 aromatic rings. The lowest BCUT2D eigenvalue weighted by molar-refractivity contribution is 0.316. The Balaban J connectivity index is 0.00000113. The van der Waals surface area contributed by atoms with Crippen molar-refractivity contribution >= 4 is 46.4 Å². The molecule has 2 N–H and O–H groups in total. The van der Waals surface area contributed by atoms with Gasteiger partial charge in [0.1, 0.15) is 5.01 Å². The van der Waals surface area contributed by atoms with Gasteiger partial charge in [-0.25, -0.2) is 4.98 Å². The quantitative estimate of drug-likeness (QED) is 0.715. The van der Waals surface area contributed by atoms with Gasteiger partial charge in [0.25, 0.3) is 0 Å². The first-order chi connectivity index (χ1) is 11.3. The van der Waals surface area contributed by atoms with E-state index in [1.54, 1.807) is 11.3 Å². The van der Waals surface area contributed by atoms with Crippen LogP contribution in [0.4, 0.5) is 0 Å². The molecule has 0 amide bonds. The maximum Gasteiger partial charge on any atom is 0.108 e. The van der Waals surface area contributed by atoms with E-state index in [-0.39, 0.29) is 24.8 Å². The number of rotatable bonds is 4. The maximum atomic E-state index is 6.04. The minimum Gasteiger partial charge on any atom is -0.330 e. The summed E-state index contributed by atoms with van der Waals surface area (Å²) in [6, 6.07) is 19.2. The van der Waals surface area contributed by atoms with E-state index in [9.17, 15) is 0 Å². The first kappa shape index (κ1) is 20.1. The Morgan fingerprint density at radius 1 is 1.00 bits per heavy atom. The van der Waals surface area contributed by atoms with Gasteiger partial charge in [-0.15, -0.1) is 36.2 Å². The lowest BCUT2D eigenvalue weighted by Gasteiger charge is -2.16. The summed E-state index contributed by atoms with van der Waals surface area (Å²) in [5.41, 5.74) is 8.56. The molecule has 4 rings (SSSR count). The first-order valence-corrected chi connectivity index (χ1v) is 8.97. The number of hydrogen-bond acceptors (Lipinski definition) is 4. The highest BCUT2D eigenvalue weighted by molar-refractivity contribution is 7.18. The van der Waals surface area contributed by atoms with Gasteiger partial charge in [-0.3, -0.25) is 4.90 Å². The van der Waals surface area contributed by atoms with E-state index >= 15 is 0 Å². The van der Waals surface area contributed by atoms with Crippen molar-refractivity contribution in [3.8, 4) is 0 Å². The standard InChI is InChI=1S/C19H21N3S.2ClH/c20-10-15-11-22(12-16(15)14-6-2-1-3-7-14)13-19-21-17-8-4-5-9-18(17)23-19;;/h1-9,15-16H,10-13,20H2;2*1H/t15-,16+;;/m1../s1. The Hall–Kier alpha value is -1.17. The molecule has 0 spiro atoms. The Bertz CT molecular complexity index is 760. The Morgan fingerprint density at radius 2 is 1.72 bits per heavy atom. The molecular weight excluding hydrogens is 373 g/mol. The van der Waals surface area contributed by atoms with Crippen molar-refractivity contribution < 1.29 is 0 Å².